The zero-order valence-corrected chi connectivity index (χ0v) is 22.6. The highest BCUT2D eigenvalue weighted by Crippen LogP contribution is 2.40. The summed E-state index contributed by atoms with van der Waals surface area (Å²) in [5.41, 5.74) is 0.802. The van der Waals surface area contributed by atoms with Gasteiger partial charge in [-0.25, -0.2) is 0 Å². The predicted molar refractivity (Wildman–Crippen MR) is 149 cm³/mol. The number of piperazine rings is 1. The SMILES string of the molecule is C=C1N(CCN2CCN(C)CC2)CC(c2cccc(C(F)(F)F)c2)N1c1ccc(Oc2ccc(Cl)cc2)cc1. The quantitative estimate of drug-likeness (QED) is 0.321. The molecule has 2 aliphatic rings. The molecule has 2 aliphatic heterocycles. The van der Waals surface area contributed by atoms with Crippen LogP contribution in [0.2, 0.25) is 5.02 Å². The van der Waals surface area contributed by atoms with Gasteiger partial charge < -0.3 is 19.4 Å². The molecule has 0 spiro atoms. The van der Waals surface area contributed by atoms with Crippen molar-refractivity contribution in [2.75, 3.05) is 57.8 Å². The lowest BCUT2D eigenvalue weighted by Crippen LogP contribution is -2.46. The minimum Gasteiger partial charge on any atom is -0.457 e. The van der Waals surface area contributed by atoms with Crippen molar-refractivity contribution in [3.8, 4) is 11.5 Å². The summed E-state index contributed by atoms with van der Waals surface area (Å²) >= 11 is 5.96. The Kier molecular flexibility index (Phi) is 8.07. The van der Waals surface area contributed by atoms with E-state index in [2.05, 4.69) is 28.3 Å². The first-order chi connectivity index (χ1) is 18.7. The minimum atomic E-state index is -4.40. The third-order valence-corrected chi connectivity index (χ3v) is 7.65. The second-order valence-corrected chi connectivity index (χ2v) is 10.5. The molecule has 1 atom stereocenters. The zero-order chi connectivity index (χ0) is 27.6. The Bertz CT molecular complexity index is 1270. The van der Waals surface area contributed by atoms with Crippen molar-refractivity contribution in [3.63, 3.8) is 0 Å². The van der Waals surface area contributed by atoms with Crippen LogP contribution in [0.4, 0.5) is 18.9 Å². The molecule has 0 N–H and O–H groups in total. The Morgan fingerprint density at radius 3 is 2.18 bits per heavy atom. The third kappa shape index (κ3) is 6.52. The van der Waals surface area contributed by atoms with Crippen LogP contribution >= 0.6 is 11.6 Å². The first-order valence-electron chi connectivity index (χ1n) is 13.0. The highest BCUT2D eigenvalue weighted by atomic mass is 35.5. The normalized spacial score (nSPS) is 19.1. The fourth-order valence-electron chi connectivity index (χ4n) is 5.10. The van der Waals surface area contributed by atoms with Crippen molar-refractivity contribution in [3.05, 3.63) is 101 Å². The van der Waals surface area contributed by atoms with Gasteiger partial charge in [0.25, 0.3) is 0 Å². The molecule has 0 aliphatic carbocycles. The van der Waals surface area contributed by atoms with Crippen LogP contribution < -0.4 is 9.64 Å². The number of ether oxygens (including phenoxy) is 1. The van der Waals surface area contributed by atoms with Gasteiger partial charge in [0.1, 0.15) is 17.3 Å². The second kappa shape index (κ2) is 11.5. The van der Waals surface area contributed by atoms with Crippen LogP contribution in [0.25, 0.3) is 0 Å². The highest BCUT2D eigenvalue weighted by Gasteiger charge is 2.37. The molecular formula is C30H32ClF3N4O. The van der Waals surface area contributed by atoms with E-state index in [1.54, 1.807) is 30.3 Å². The van der Waals surface area contributed by atoms with Crippen molar-refractivity contribution in [2.45, 2.75) is 12.2 Å². The van der Waals surface area contributed by atoms with Gasteiger partial charge in [-0.2, -0.15) is 13.2 Å². The molecule has 2 saturated heterocycles. The summed E-state index contributed by atoms with van der Waals surface area (Å²) in [5, 5.41) is 0.628. The van der Waals surface area contributed by atoms with Crippen molar-refractivity contribution in [1.29, 1.82) is 0 Å². The van der Waals surface area contributed by atoms with Gasteiger partial charge in [-0.1, -0.05) is 30.3 Å². The van der Waals surface area contributed by atoms with Crippen molar-refractivity contribution < 1.29 is 17.9 Å². The molecule has 206 valence electrons. The van der Waals surface area contributed by atoms with Crippen LogP contribution in [0.5, 0.6) is 11.5 Å². The summed E-state index contributed by atoms with van der Waals surface area (Å²) in [6.07, 6.45) is -4.40. The first-order valence-corrected chi connectivity index (χ1v) is 13.4. The molecule has 0 amide bonds. The Labute approximate surface area is 232 Å². The van der Waals surface area contributed by atoms with E-state index < -0.39 is 11.7 Å². The van der Waals surface area contributed by atoms with Gasteiger partial charge in [-0.15, -0.1) is 0 Å². The lowest BCUT2D eigenvalue weighted by Gasteiger charge is -2.33. The summed E-state index contributed by atoms with van der Waals surface area (Å²) in [5.74, 6) is 2.08. The van der Waals surface area contributed by atoms with Crippen LogP contribution in [-0.2, 0) is 6.18 Å². The molecule has 2 fully saturated rings. The molecule has 0 saturated carbocycles. The maximum Gasteiger partial charge on any atom is 0.416 e. The number of halogens is 4. The Hall–Kier alpha value is -3.20. The molecule has 3 aromatic carbocycles. The number of benzene rings is 3. The van der Waals surface area contributed by atoms with Crippen molar-refractivity contribution in [1.82, 2.24) is 14.7 Å². The fraction of sp³-hybridized carbons (Fsp3) is 0.333. The summed E-state index contributed by atoms with van der Waals surface area (Å²) in [6.45, 7) is 10.6. The van der Waals surface area contributed by atoms with E-state index in [-0.39, 0.29) is 6.04 Å². The molecule has 1 unspecified atom stereocenters. The molecular weight excluding hydrogens is 525 g/mol. The Morgan fingerprint density at radius 2 is 1.54 bits per heavy atom. The average Bonchev–Trinajstić information content (AvgIpc) is 3.25. The molecule has 2 heterocycles. The topological polar surface area (TPSA) is 22.2 Å². The van der Waals surface area contributed by atoms with Crippen LogP contribution in [-0.4, -0.2) is 67.6 Å². The van der Waals surface area contributed by atoms with Crippen molar-refractivity contribution in [2.24, 2.45) is 0 Å². The fourth-order valence-corrected chi connectivity index (χ4v) is 5.23. The molecule has 39 heavy (non-hydrogen) atoms. The lowest BCUT2D eigenvalue weighted by molar-refractivity contribution is -0.137. The number of nitrogens with zero attached hydrogens (tertiary/aromatic N) is 4. The molecule has 5 nitrogen and oxygen atoms in total. The number of hydrogen-bond donors (Lipinski definition) is 0. The van der Waals surface area contributed by atoms with E-state index in [9.17, 15) is 13.2 Å². The highest BCUT2D eigenvalue weighted by molar-refractivity contribution is 6.30. The molecule has 3 aromatic rings. The molecule has 0 aromatic heterocycles. The third-order valence-electron chi connectivity index (χ3n) is 7.39. The first kappa shape index (κ1) is 27.4. The van der Waals surface area contributed by atoms with Crippen LogP contribution in [0.15, 0.2) is 85.2 Å². The summed E-state index contributed by atoms with van der Waals surface area (Å²) in [6, 6.07) is 20.0. The van der Waals surface area contributed by atoms with Gasteiger partial charge in [0.15, 0.2) is 0 Å². The van der Waals surface area contributed by atoms with Crippen LogP contribution in [0.3, 0.4) is 0 Å². The van der Waals surface area contributed by atoms with Gasteiger partial charge in [0, 0.05) is 56.5 Å². The smallest absolute Gasteiger partial charge is 0.416 e. The summed E-state index contributed by atoms with van der Waals surface area (Å²) in [7, 11) is 2.13. The monoisotopic (exact) mass is 556 g/mol. The minimum absolute atomic E-state index is 0.310. The van der Waals surface area contributed by atoms with Crippen molar-refractivity contribution >= 4 is 17.3 Å². The van der Waals surface area contributed by atoms with Gasteiger partial charge >= 0.3 is 6.18 Å². The van der Waals surface area contributed by atoms with Gasteiger partial charge in [0.2, 0.25) is 0 Å². The molecule has 5 rings (SSSR count). The second-order valence-electron chi connectivity index (χ2n) is 10.1. The molecule has 0 bridgehead atoms. The van der Waals surface area contributed by atoms with E-state index in [1.807, 2.05) is 29.2 Å². The van der Waals surface area contributed by atoms with E-state index >= 15 is 0 Å². The van der Waals surface area contributed by atoms with Crippen LogP contribution in [0.1, 0.15) is 17.2 Å². The van der Waals surface area contributed by atoms with E-state index in [0.717, 1.165) is 56.8 Å². The predicted octanol–water partition coefficient (Wildman–Crippen LogP) is 6.73. The number of alkyl halides is 3. The summed E-state index contributed by atoms with van der Waals surface area (Å²) < 4.78 is 46.6. The maximum absolute atomic E-state index is 13.6. The van der Waals surface area contributed by atoms with Gasteiger partial charge in [-0.3, -0.25) is 4.90 Å². The number of likely N-dealkylation sites (N-methyl/N-ethyl adjacent to an activating group) is 1. The largest absolute Gasteiger partial charge is 0.457 e. The number of anilines is 1. The van der Waals surface area contributed by atoms with E-state index in [1.165, 1.54) is 12.1 Å². The molecule has 9 heteroatoms. The standard InChI is InChI=1S/C30H32ClF3N4O/c1-22-37(19-18-36-16-14-35(2)15-17-36)21-29(23-4-3-5-24(20-23)30(32,33)34)38(22)26-8-12-28(13-9-26)39-27-10-6-25(31)7-11-27/h3-13,20,29H,1,14-19,21H2,2H3. The number of hydrogen-bond acceptors (Lipinski definition) is 5. The van der Waals surface area contributed by atoms with E-state index in [4.69, 9.17) is 16.3 Å². The molecule has 0 radical (unpaired) electrons. The Morgan fingerprint density at radius 1 is 0.897 bits per heavy atom. The Balaban J connectivity index is 1.38. The van der Waals surface area contributed by atoms with Gasteiger partial charge in [0.05, 0.1) is 11.6 Å². The summed E-state index contributed by atoms with van der Waals surface area (Å²) in [4.78, 5) is 8.96. The average molecular weight is 557 g/mol. The maximum atomic E-state index is 13.6. The lowest BCUT2D eigenvalue weighted by atomic mass is 10.0. The van der Waals surface area contributed by atoms with E-state index in [0.29, 0.717) is 28.6 Å². The van der Waals surface area contributed by atoms with Gasteiger partial charge in [-0.05, 0) is 73.3 Å². The van der Waals surface area contributed by atoms with Crippen LogP contribution in [0, 0.1) is 0 Å². The zero-order valence-electron chi connectivity index (χ0n) is 21.9. The number of rotatable bonds is 7.